The van der Waals surface area contributed by atoms with E-state index in [2.05, 4.69) is 21.8 Å². The molecule has 0 unspecified atom stereocenters. The van der Waals surface area contributed by atoms with Crippen LogP contribution in [0.4, 0.5) is 14.6 Å². The number of anilines is 1. The quantitative estimate of drug-likeness (QED) is 0.363. The van der Waals surface area contributed by atoms with Gasteiger partial charge >= 0.3 is 6.01 Å². The van der Waals surface area contributed by atoms with Gasteiger partial charge in [0.15, 0.2) is 5.82 Å². The zero-order valence-corrected chi connectivity index (χ0v) is 22.6. The Labute approximate surface area is 231 Å². The summed E-state index contributed by atoms with van der Waals surface area (Å²) in [6.45, 7) is 5.72. The highest BCUT2D eigenvalue weighted by Gasteiger charge is 2.45. The summed E-state index contributed by atoms with van der Waals surface area (Å²) in [7, 11) is 0. The van der Waals surface area contributed by atoms with Crippen LogP contribution in [-0.2, 0) is 0 Å². The maximum atomic E-state index is 16.4. The number of aliphatic hydroxyl groups is 1. The summed E-state index contributed by atoms with van der Waals surface area (Å²) >= 11 is 0. The monoisotopic (exact) mass is 545 g/mol. The Morgan fingerprint density at radius 2 is 1.82 bits per heavy atom. The lowest BCUT2D eigenvalue weighted by Gasteiger charge is -2.35. The van der Waals surface area contributed by atoms with Crippen molar-refractivity contribution in [2.45, 2.75) is 50.7 Å². The zero-order chi connectivity index (χ0) is 27.4. The number of hydrogen-bond donors (Lipinski definition) is 1. The molecule has 3 saturated heterocycles. The Kier molecular flexibility index (Phi) is 6.31. The molecule has 7 nitrogen and oxygen atoms in total. The Morgan fingerprint density at radius 3 is 2.60 bits per heavy atom. The third-order valence-corrected chi connectivity index (χ3v) is 8.97. The molecule has 0 spiro atoms. The molecule has 2 aromatic heterocycles. The second-order valence-electron chi connectivity index (χ2n) is 11.8. The van der Waals surface area contributed by atoms with Crippen LogP contribution in [0.3, 0.4) is 0 Å². The van der Waals surface area contributed by atoms with E-state index in [0.29, 0.717) is 53.7 Å². The predicted molar refractivity (Wildman–Crippen MR) is 150 cm³/mol. The number of ether oxygens (including phenoxy) is 1. The Bertz CT molecular complexity index is 1570. The molecular weight excluding hydrogens is 512 g/mol. The van der Waals surface area contributed by atoms with Gasteiger partial charge in [-0.25, -0.2) is 8.78 Å². The van der Waals surface area contributed by atoms with Crippen LogP contribution in [0.2, 0.25) is 0 Å². The molecule has 0 saturated carbocycles. The molecule has 2 atom stereocenters. The first kappa shape index (κ1) is 25.5. The SMILES string of the molecule is C[C@H]1C[C@@H](O)CN(c2nc(OCC34CCCN3CCC4)nc3c(F)c(-c4cccc5cccc(F)c45)ncc23)C1. The Morgan fingerprint density at radius 1 is 1.05 bits per heavy atom. The van der Waals surface area contributed by atoms with Crippen LogP contribution in [0, 0.1) is 17.6 Å². The van der Waals surface area contributed by atoms with Crippen molar-refractivity contribution in [3.8, 4) is 17.3 Å². The molecule has 2 aromatic carbocycles. The molecule has 3 fully saturated rings. The van der Waals surface area contributed by atoms with Crippen molar-refractivity contribution in [1.29, 1.82) is 0 Å². The summed E-state index contributed by atoms with van der Waals surface area (Å²) in [6, 6.07) is 10.2. The summed E-state index contributed by atoms with van der Waals surface area (Å²) in [5.41, 5.74) is 0.461. The molecule has 4 aromatic rings. The van der Waals surface area contributed by atoms with Gasteiger partial charge in [-0.1, -0.05) is 37.3 Å². The van der Waals surface area contributed by atoms with E-state index in [9.17, 15) is 9.50 Å². The van der Waals surface area contributed by atoms with Gasteiger partial charge in [0.1, 0.15) is 29.5 Å². The Hall–Kier alpha value is -3.43. The van der Waals surface area contributed by atoms with Crippen molar-refractivity contribution in [1.82, 2.24) is 19.9 Å². The second kappa shape index (κ2) is 9.89. The molecule has 3 aliphatic heterocycles. The fourth-order valence-electron chi connectivity index (χ4n) is 7.16. The van der Waals surface area contributed by atoms with E-state index in [-0.39, 0.29) is 28.7 Å². The normalized spacial score (nSPS) is 22.8. The van der Waals surface area contributed by atoms with E-state index in [0.717, 1.165) is 38.8 Å². The first-order valence-electron chi connectivity index (χ1n) is 14.3. The van der Waals surface area contributed by atoms with Gasteiger partial charge in [0.2, 0.25) is 0 Å². The van der Waals surface area contributed by atoms with Crippen molar-refractivity contribution in [3.63, 3.8) is 0 Å². The number of benzene rings is 2. The number of β-amino-alcohol motifs (C(OH)–C–C–N with tert-alkyl or cyclic N) is 1. The number of hydrogen-bond acceptors (Lipinski definition) is 7. The van der Waals surface area contributed by atoms with Crippen molar-refractivity contribution in [2.24, 2.45) is 5.92 Å². The van der Waals surface area contributed by atoms with Crippen LogP contribution in [0.25, 0.3) is 32.9 Å². The largest absolute Gasteiger partial charge is 0.461 e. The molecule has 208 valence electrons. The topological polar surface area (TPSA) is 74.6 Å². The van der Waals surface area contributed by atoms with Crippen molar-refractivity contribution in [2.75, 3.05) is 37.7 Å². The number of nitrogens with zero attached hydrogens (tertiary/aromatic N) is 5. The third-order valence-electron chi connectivity index (χ3n) is 8.97. The van der Waals surface area contributed by atoms with Crippen molar-refractivity contribution >= 4 is 27.5 Å². The van der Waals surface area contributed by atoms with Crippen LogP contribution in [0.5, 0.6) is 6.01 Å². The van der Waals surface area contributed by atoms with Gasteiger partial charge in [0.25, 0.3) is 0 Å². The summed E-state index contributed by atoms with van der Waals surface area (Å²) in [5, 5.41) is 12.0. The minimum atomic E-state index is -0.645. The first-order valence-corrected chi connectivity index (χ1v) is 14.3. The molecule has 0 bridgehead atoms. The minimum Gasteiger partial charge on any atom is -0.461 e. The first-order chi connectivity index (χ1) is 19.4. The standard InChI is InChI=1S/C31H33F2N5O2/c1-19-14-21(39)17-37(16-19)29-23-15-34-27(22-8-2-6-20-7-3-9-24(32)25(20)22)26(33)28(23)35-30(36-29)40-18-31-10-4-12-38(31)13-5-11-31/h2-3,6-9,15,19,21,39H,4-5,10-14,16-18H2,1H3/t19-,21+/m0/s1. The molecule has 0 aliphatic carbocycles. The molecule has 0 radical (unpaired) electrons. The number of fused-ring (bicyclic) bond motifs is 3. The van der Waals surface area contributed by atoms with Crippen LogP contribution >= 0.6 is 0 Å². The highest BCUT2D eigenvalue weighted by molar-refractivity contribution is 5.99. The summed E-state index contributed by atoms with van der Waals surface area (Å²) < 4.78 is 37.7. The van der Waals surface area contributed by atoms with E-state index >= 15 is 4.39 Å². The number of halogens is 2. The number of rotatable bonds is 5. The molecule has 9 heteroatoms. The van der Waals surface area contributed by atoms with Gasteiger partial charge in [0.05, 0.1) is 17.0 Å². The van der Waals surface area contributed by atoms with Crippen LogP contribution in [0.1, 0.15) is 39.0 Å². The van der Waals surface area contributed by atoms with E-state index in [1.807, 2.05) is 4.90 Å². The predicted octanol–water partition coefficient (Wildman–Crippen LogP) is 5.34. The third kappa shape index (κ3) is 4.27. The lowest BCUT2D eigenvalue weighted by Crippen LogP contribution is -2.44. The number of pyridine rings is 1. The van der Waals surface area contributed by atoms with E-state index in [1.165, 1.54) is 6.07 Å². The van der Waals surface area contributed by atoms with E-state index in [1.54, 1.807) is 36.5 Å². The maximum Gasteiger partial charge on any atom is 0.319 e. The van der Waals surface area contributed by atoms with E-state index in [4.69, 9.17) is 9.72 Å². The maximum absolute atomic E-state index is 16.4. The second-order valence-corrected chi connectivity index (χ2v) is 11.8. The molecule has 0 amide bonds. The minimum absolute atomic E-state index is 0.0171. The summed E-state index contributed by atoms with van der Waals surface area (Å²) in [4.78, 5) is 18.3. The fraction of sp³-hybridized carbons (Fsp3) is 0.452. The number of piperidine rings is 1. The summed E-state index contributed by atoms with van der Waals surface area (Å²) in [6.07, 6.45) is 6.16. The Balaban J connectivity index is 1.36. The number of aromatic nitrogens is 3. The summed E-state index contributed by atoms with van der Waals surface area (Å²) in [5.74, 6) is -0.345. The van der Waals surface area contributed by atoms with Crippen molar-refractivity contribution < 1.29 is 18.6 Å². The molecule has 7 rings (SSSR count). The van der Waals surface area contributed by atoms with Gasteiger partial charge in [-0.05, 0) is 62.6 Å². The van der Waals surface area contributed by atoms with Gasteiger partial charge in [-0.3, -0.25) is 9.88 Å². The molecule has 40 heavy (non-hydrogen) atoms. The fourth-order valence-corrected chi connectivity index (χ4v) is 7.16. The zero-order valence-electron chi connectivity index (χ0n) is 22.6. The molecular formula is C31H33F2N5O2. The van der Waals surface area contributed by atoms with E-state index < -0.39 is 17.7 Å². The van der Waals surface area contributed by atoms with Gasteiger partial charge in [0, 0.05) is 30.2 Å². The molecule has 1 N–H and O–H groups in total. The molecule has 5 heterocycles. The van der Waals surface area contributed by atoms with Crippen LogP contribution < -0.4 is 9.64 Å². The highest BCUT2D eigenvalue weighted by Crippen LogP contribution is 2.40. The van der Waals surface area contributed by atoms with Gasteiger partial charge in [-0.2, -0.15) is 9.97 Å². The van der Waals surface area contributed by atoms with Crippen LogP contribution in [-0.4, -0.2) is 69.4 Å². The average molecular weight is 546 g/mol. The van der Waals surface area contributed by atoms with Gasteiger partial charge in [-0.15, -0.1) is 0 Å². The number of aliphatic hydroxyl groups excluding tert-OH is 1. The van der Waals surface area contributed by atoms with Crippen LogP contribution in [0.15, 0.2) is 42.6 Å². The van der Waals surface area contributed by atoms with Gasteiger partial charge < -0.3 is 14.7 Å². The highest BCUT2D eigenvalue weighted by atomic mass is 19.1. The molecule has 3 aliphatic rings. The van der Waals surface area contributed by atoms with Crippen molar-refractivity contribution in [3.05, 3.63) is 54.2 Å². The average Bonchev–Trinajstić information content (AvgIpc) is 3.52. The lowest BCUT2D eigenvalue weighted by atomic mass is 9.95. The smallest absolute Gasteiger partial charge is 0.319 e. The lowest BCUT2D eigenvalue weighted by molar-refractivity contribution is 0.107.